The minimum atomic E-state index is -0.299. The van der Waals surface area contributed by atoms with E-state index in [-0.39, 0.29) is 12.1 Å². The number of carbonyl (C=O) groups is 1. The fourth-order valence-electron chi connectivity index (χ4n) is 4.51. The Morgan fingerprint density at radius 1 is 1.12 bits per heavy atom. The largest absolute Gasteiger partial charge is 0.338 e. The van der Waals surface area contributed by atoms with E-state index in [1.807, 2.05) is 83.4 Å². The highest BCUT2D eigenvalue weighted by Crippen LogP contribution is 2.38. The number of nitrogens with one attached hydrogen (secondary N) is 1. The van der Waals surface area contributed by atoms with Gasteiger partial charge in [-0.1, -0.05) is 48.9 Å². The molecule has 0 fully saturated rings. The van der Waals surface area contributed by atoms with Crippen LogP contribution in [0.2, 0.25) is 5.02 Å². The zero-order valence-electron chi connectivity index (χ0n) is 18.7. The number of para-hydroxylation sites is 1. The normalized spacial score (nSPS) is 15.0. The monoisotopic (exact) mass is 459 g/mol. The summed E-state index contributed by atoms with van der Waals surface area (Å²) >= 11 is 6.38. The first-order valence-electron chi connectivity index (χ1n) is 11.2. The molecule has 4 aromatic rings. The van der Waals surface area contributed by atoms with Crippen LogP contribution in [0, 0.1) is 6.92 Å². The van der Waals surface area contributed by atoms with Crippen molar-refractivity contribution in [2.45, 2.75) is 32.9 Å². The lowest BCUT2D eigenvalue weighted by atomic mass is 10.0. The maximum Gasteiger partial charge on any atom is 0.318 e. The third kappa shape index (κ3) is 3.80. The number of halogens is 1. The van der Waals surface area contributed by atoms with Crippen LogP contribution in [-0.4, -0.2) is 31.8 Å². The van der Waals surface area contributed by atoms with E-state index in [2.05, 4.69) is 22.9 Å². The molecule has 0 unspecified atom stereocenters. The molecule has 0 radical (unpaired) electrons. The summed E-state index contributed by atoms with van der Waals surface area (Å²) in [5.41, 5.74) is 4.85. The number of nitrogens with zero attached hydrogens (tertiary/aromatic N) is 4. The Labute approximate surface area is 198 Å². The molecular formula is C26H26ClN5O. The average molecular weight is 460 g/mol. The molecule has 2 aromatic heterocycles. The summed E-state index contributed by atoms with van der Waals surface area (Å²) in [4.78, 5) is 15.3. The summed E-state index contributed by atoms with van der Waals surface area (Å²) in [7, 11) is 0. The van der Waals surface area contributed by atoms with E-state index in [1.165, 1.54) is 0 Å². The zero-order valence-corrected chi connectivity index (χ0v) is 19.5. The van der Waals surface area contributed by atoms with E-state index < -0.39 is 0 Å². The molecule has 2 aromatic carbocycles. The molecule has 0 saturated carbocycles. The van der Waals surface area contributed by atoms with Crippen molar-refractivity contribution in [3.05, 3.63) is 100 Å². The molecule has 0 saturated heterocycles. The minimum absolute atomic E-state index is 0.103. The fourth-order valence-corrected chi connectivity index (χ4v) is 4.71. The molecule has 0 aliphatic carbocycles. The third-order valence-electron chi connectivity index (χ3n) is 6.04. The molecule has 3 heterocycles. The summed E-state index contributed by atoms with van der Waals surface area (Å²) in [5, 5.41) is 8.59. The lowest BCUT2D eigenvalue weighted by Crippen LogP contribution is -2.42. The highest BCUT2D eigenvalue weighted by atomic mass is 35.5. The van der Waals surface area contributed by atoms with Crippen LogP contribution >= 0.6 is 11.6 Å². The highest BCUT2D eigenvalue weighted by Gasteiger charge is 2.35. The predicted molar refractivity (Wildman–Crippen MR) is 130 cm³/mol. The van der Waals surface area contributed by atoms with Gasteiger partial charge in [0.25, 0.3) is 0 Å². The Kier molecular flexibility index (Phi) is 5.68. The van der Waals surface area contributed by atoms with Gasteiger partial charge in [0.1, 0.15) is 5.82 Å². The van der Waals surface area contributed by atoms with E-state index in [4.69, 9.17) is 16.7 Å². The van der Waals surface area contributed by atoms with Gasteiger partial charge in [0.2, 0.25) is 0 Å². The van der Waals surface area contributed by atoms with Crippen LogP contribution in [-0.2, 0) is 6.54 Å². The topological polar surface area (TPSA) is 55.1 Å². The molecule has 1 aliphatic heterocycles. The number of rotatable bonds is 4. The molecule has 7 heteroatoms. The molecule has 1 aliphatic rings. The molecular weight excluding hydrogens is 434 g/mol. The molecule has 33 heavy (non-hydrogen) atoms. The van der Waals surface area contributed by atoms with Crippen molar-refractivity contribution in [1.82, 2.24) is 24.6 Å². The highest BCUT2D eigenvalue weighted by molar-refractivity contribution is 6.30. The Morgan fingerprint density at radius 2 is 1.94 bits per heavy atom. The maximum absolute atomic E-state index is 13.5. The standard InChI is InChI=1S/C26H26ClN5O/c1-3-14-28-26(33)31-17-22-18(2)29-32(21-11-5-4-6-12-21)25(22)30-15-8-13-23(30)24(31)19-9-7-10-20(27)16-19/h4-13,15-16,24H,3,14,17H2,1-2H3,(H,28,33)/t24-/m0/s1. The smallest absolute Gasteiger partial charge is 0.318 e. The summed E-state index contributed by atoms with van der Waals surface area (Å²) in [5.74, 6) is 0.955. The third-order valence-corrected chi connectivity index (χ3v) is 6.27. The fraction of sp³-hybridized carbons (Fsp3) is 0.231. The SMILES string of the molecule is CCCNC(=O)N1Cc2c(C)nn(-c3ccccc3)c2-n2cccc2[C@@H]1c1cccc(Cl)c1. The average Bonchev–Trinajstić information content (AvgIpc) is 3.38. The minimum Gasteiger partial charge on any atom is -0.338 e. The molecule has 168 valence electrons. The van der Waals surface area contributed by atoms with Gasteiger partial charge in [-0.3, -0.25) is 0 Å². The lowest BCUT2D eigenvalue weighted by Gasteiger charge is -2.31. The van der Waals surface area contributed by atoms with Crippen LogP contribution in [0.3, 0.4) is 0 Å². The first-order chi connectivity index (χ1) is 16.1. The maximum atomic E-state index is 13.5. The van der Waals surface area contributed by atoms with Gasteiger partial charge in [-0.15, -0.1) is 0 Å². The summed E-state index contributed by atoms with van der Waals surface area (Å²) in [6.07, 6.45) is 2.91. The number of aryl methyl sites for hydroxylation is 1. The van der Waals surface area contributed by atoms with Crippen LogP contribution in [0.1, 0.15) is 41.9 Å². The first kappa shape index (κ1) is 21.3. The van der Waals surface area contributed by atoms with Gasteiger partial charge in [-0.2, -0.15) is 5.10 Å². The van der Waals surface area contributed by atoms with Gasteiger partial charge in [-0.05, 0) is 55.3 Å². The second-order valence-corrected chi connectivity index (χ2v) is 8.69. The van der Waals surface area contributed by atoms with Crippen LogP contribution in [0.5, 0.6) is 0 Å². The van der Waals surface area contributed by atoms with Crippen LogP contribution in [0.4, 0.5) is 4.79 Å². The van der Waals surface area contributed by atoms with E-state index in [0.29, 0.717) is 18.1 Å². The molecule has 6 nitrogen and oxygen atoms in total. The Hall–Kier alpha value is -3.51. The quantitative estimate of drug-likeness (QED) is 0.428. The van der Waals surface area contributed by atoms with Gasteiger partial charge in [0.05, 0.1) is 29.7 Å². The van der Waals surface area contributed by atoms with Gasteiger partial charge in [-0.25, -0.2) is 9.48 Å². The van der Waals surface area contributed by atoms with Crippen LogP contribution < -0.4 is 5.32 Å². The Balaban J connectivity index is 1.74. The van der Waals surface area contributed by atoms with Crippen molar-refractivity contribution < 1.29 is 4.79 Å². The molecule has 0 spiro atoms. The van der Waals surface area contributed by atoms with Gasteiger partial charge in [0, 0.05) is 23.3 Å². The number of hydrogen-bond acceptors (Lipinski definition) is 2. The summed E-state index contributed by atoms with van der Waals surface area (Å²) in [6, 6.07) is 21.5. The second-order valence-electron chi connectivity index (χ2n) is 8.26. The molecule has 1 N–H and O–H groups in total. The van der Waals surface area contributed by atoms with E-state index >= 15 is 0 Å². The van der Waals surface area contributed by atoms with Crippen molar-refractivity contribution >= 4 is 17.6 Å². The summed E-state index contributed by atoms with van der Waals surface area (Å²) in [6.45, 7) is 5.11. The van der Waals surface area contributed by atoms with Crippen molar-refractivity contribution in [1.29, 1.82) is 0 Å². The van der Waals surface area contributed by atoms with E-state index in [0.717, 1.165) is 40.4 Å². The molecule has 1 atom stereocenters. The molecule has 5 rings (SSSR count). The van der Waals surface area contributed by atoms with Crippen molar-refractivity contribution in [2.75, 3.05) is 6.54 Å². The number of aromatic nitrogens is 3. The lowest BCUT2D eigenvalue weighted by molar-refractivity contribution is 0.180. The number of hydrogen-bond donors (Lipinski definition) is 1. The second kappa shape index (κ2) is 8.79. The molecule has 0 bridgehead atoms. The number of amides is 2. The summed E-state index contributed by atoms with van der Waals surface area (Å²) < 4.78 is 4.12. The number of benzene rings is 2. The van der Waals surface area contributed by atoms with E-state index in [1.54, 1.807) is 0 Å². The van der Waals surface area contributed by atoms with Gasteiger partial charge >= 0.3 is 6.03 Å². The molecule has 2 amide bonds. The van der Waals surface area contributed by atoms with Gasteiger partial charge in [0.15, 0.2) is 0 Å². The number of fused-ring (bicyclic) bond motifs is 3. The van der Waals surface area contributed by atoms with Crippen molar-refractivity contribution in [3.63, 3.8) is 0 Å². The van der Waals surface area contributed by atoms with Gasteiger partial charge < -0.3 is 14.8 Å². The predicted octanol–water partition coefficient (Wildman–Crippen LogP) is 5.65. The number of urea groups is 1. The Morgan fingerprint density at radius 3 is 2.70 bits per heavy atom. The van der Waals surface area contributed by atoms with Crippen LogP contribution in [0.15, 0.2) is 72.9 Å². The van der Waals surface area contributed by atoms with Crippen molar-refractivity contribution in [2.24, 2.45) is 0 Å². The van der Waals surface area contributed by atoms with Crippen molar-refractivity contribution in [3.8, 4) is 11.5 Å². The van der Waals surface area contributed by atoms with E-state index in [9.17, 15) is 4.79 Å². The van der Waals surface area contributed by atoms with Crippen LogP contribution in [0.25, 0.3) is 11.5 Å². The Bertz CT molecular complexity index is 1290. The number of carbonyl (C=O) groups excluding carboxylic acids is 1. The first-order valence-corrected chi connectivity index (χ1v) is 11.6. The zero-order chi connectivity index (χ0) is 22.9.